The molecule has 0 atom stereocenters. The summed E-state index contributed by atoms with van der Waals surface area (Å²) in [5, 5.41) is 11.5. The molecule has 0 radical (unpaired) electrons. The number of benzene rings is 1. The molecule has 0 aliphatic carbocycles. The summed E-state index contributed by atoms with van der Waals surface area (Å²) in [5.74, 6) is -0.390. The number of anilines is 2. The van der Waals surface area contributed by atoms with Gasteiger partial charge in [-0.1, -0.05) is 12.1 Å². The third-order valence-electron chi connectivity index (χ3n) is 3.65. The highest BCUT2D eigenvalue weighted by Gasteiger charge is 2.16. The van der Waals surface area contributed by atoms with Crippen LogP contribution in [0.15, 0.2) is 47.2 Å². The lowest BCUT2D eigenvalue weighted by Crippen LogP contribution is -2.19. The van der Waals surface area contributed by atoms with Crippen molar-refractivity contribution in [1.82, 2.24) is 9.78 Å². The van der Waals surface area contributed by atoms with E-state index >= 15 is 0 Å². The van der Waals surface area contributed by atoms with E-state index in [2.05, 4.69) is 31.7 Å². The summed E-state index contributed by atoms with van der Waals surface area (Å²) in [6.07, 6.45) is 3.68. The Morgan fingerprint density at radius 2 is 2.07 bits per heavy atom. The molecule has 140 valence electrons. The lowest BCUT2D eigenvalue weighted by atomic mass is 10.2. The Balaban J connectivity index is 1.62. The topological polar surface area (TPSA) is 68.2 Å². The van der Waals surface area contributed by atoms with Gasteiger partial charge in [-0.3, -0.25) is 4.68 Å². The molecule has 2 N–H and O–H groups in total. The number of aryl methyl sites for hydroxylation is 1. The van der Waals surface area contributed by atoms with Crippen molar-refractivity contribution >= 4 is 61.3 Å². The third kappa shape index (κ3) is 5.15. The van der Waals surface area contributed by atoms with Crippen LogP contribution >= 0.6 is 39.5 Å². The number of thiocarbonyl (C=S) groups is 1. The number of hydrogen-bond acceptors (Lipinski definition) is 5. The second-order valence-corrected chi connectivity index (χ2v) is 8.30. The zero-order chi connectivity index (χ0) is 19.4. The Hall–Kier alpha value is -2.23. The van der Waals surface area contributed by atoms with E-state index in [-0.39, 0.29) is 5.97 Å². The average molecular weight is 465 g/mol. The molecule has 0 bridgehead atoms. The first kappa shape index (κ1) is 19.5. The van der Waals surface area contributed by atoms with Crippen molar-refractivity contribution in [1.29, 1.82) is 0 Å². The number of carbonyl (C=O) groups excluding carboxylic acids is 1. The van der Waals surface area contributed by atoms with E-state index in [9.17, 15) is 4.79 Å². The summed E-state index contributed by atoms with van der Waals surface area (Å²) in [6, 6.07) is 9.70. The zero-order valence-electron chi connectivity index (χ0n) is 14.7. The highest BCUT2D eigenvalue weighted by Crippen LogP contribution is 2.28. The number of methoxy groups -OCH3 is 1. The molecule has 6 nitrogen and oxygen atoms in total. The van der Waals surface area contributed by atoms with Crippen LogP contribution in [0.4, 0.5) is 10.7 Å². The van der Waals surface area contributed by atoms with Crippen molar-refractivity contribution in [3.8, 4) is 0 Å². The number of ether oxygens (including phenoxy) is 1. The van der Waals surface area contributed by atoms with Crippen LogP contribution in [0.3, 0.4) is 0 Å². The molecule has 0 aliphatic rings. The molecule has 0 amide bonds. The van der Waals surface area contributed by atoms with Crippen LogP contribution in [0.2, 0.25) is 0 Å². The fourth-order valence-electron chi connectivity index (χ4n) is 2.44. The van der Waals surface area contributed by atoms with Gasteiger partial charge >= 0.3 is 5.97 Å². The predicted octanol–water partition coefficient (Wildman–Crippen LogP) is 4.66. The average Bonchev–Trinajstić information content (AvgIpc) is 3.21. The maximum atomic E-state index is 11.8. The Labute approximate surface area is 174 Å². The first-order valence-electron chi connectivity index (χ1n) is 7.98. The summed E-state index contributed by atoms with van der Waals surface area (Å²) in [5.41, 5.74) is 2.45. The van der Waals surface area contributed by atoms with Gasteiger partial charge in [-0.25, -0.2) is 4.79 Å². The van der Waals surface area contributed by atoms with Gasteiger partial charge in [0.25, 0.3) is 0 Å². The number of thiophene rings is 1. The van der Waals surface area contributed by atoms with Gasteiger partial charge in [0, 0.05) is 16.8 Å². The van der Waals surface area contributed by atoms with Crippen LogP contribution in [0.5, 0.6) is 0 Å². The van der Waals surface area contributed by atoms with Crippen LogP contribution < -0.4 is 10.6 Å². The molecule has 0 saturated carbocycles. The minimum absolute atomic E-state index is 0.390. The molecule has 2 aromatic heterocycles. The van der Waals surface area contributed by atoms with Crippen molar-refractivity contribution in [2.75, 3.05) is 17.7 Å². The fraction of sp³-hybridized carbons (Fsp3) is 0.167. The van der Waals surface area contributed by atoms with E-state index in [1.54, 1.807) is 12.3 Å². The van der Waals surface area contributed by atoms with Crippen LogP contribution in [-0.2, 0) is 11.3 Å². The maximum absolute atomic E-state index is 11.8. The monoisotopic (exact) mass is 464 g/mol. The lowest BCUT2D eigenvalue weighted by molar-refractivity contribution is 0.0602. The number of rotatable bonds is 5. The molecule has 27 heavy (non-hydrogen) atoms. The molecule has 0 fully saturated rings. The number of esters is 1. The van der Waals surface area contributed by atoms with Gasteiger partial charge in [0.2, 0.25) is 0 Å². The van der Waals surface area contributed by atoms with Crippen LogP contribution in [0.25, 0.3) is 0 Å². The molecule has 2 heterocycles. The van der Waals surface area contributed by atoms with E-state index < -0.39 is 0 Å². The molecule has 1 aromatic carbocycles. The van der Waals surface area contributed by atoms with Crippen LogP contribution in [0.1, 0.15) is 20.8 Å². The molecule has 0 saturated heterocycles. The van der Waals surface area contributed by atoms with Gasteiger partial charge in [-0.05, 0) is 58.8 Å². The first-order valence-corrected chi connectivity index (χ1v) is 10.00. The fourth-order valence-corrected chi connectivity index (χ4v) is 3.96. The summed E-state index contributed by atoms with van der Waals surface area (Å²) >= 11 is 10.2. The number of hydrogen-bond donors (Lipinski definition) is 2. The van der Waals surface area contributed by atoms with Gasteiger partial charge in [-0.15, -0.1) is 11.3 Å². The van der Waals surface area contributed by atoms with Crippen molar-refractivity contribution < 1.29 is 9.53 Å². The Kier molecular flexibility index (Phi) is 6.25. The molecule has 0 unspecified atom stereocenters. The van der Waals surface area contributed by atoms with Gasteiger partial charge in [0.15, 0.2) is 5.11 Å². The zero-order valence-corrected chi connectivity index (χ0v) is 17.9. The Morgan fingerprint density at radius 3 is 2.70 bits per heavy atom. The summed E-state index contributed by atoms with van der Waals surface area (Å²) in [4.78, 5) is 12.8. The number of carbonyl (C=O) groups is 1. The van der Waals surface area contributed by atoms with Gasteiger partial charge in [0.1, 0.15) is 5.00 Å². The first-order chi connectivity index (χ1) is 12.9. The van der Waals surface area contributed by atoms with Crippen LogP contribution in [-0.4, -0.2) is 28.0 Å². The summed E-state index contributed by atoms with van der Waals surface area (Å²) < 4.78 is 7.61. The van der Waals surface area contributed by atoms with E-state index in [4.69, 9.17) is 17.0 Å². The molecule has 0 spiro atoms. The number of nitrogens with zero attached hydrogens (tertiary/aromatic N) is 2. The summed E-state index contributed by atoms with van der Waals surface area (Å²) in [6.45, 7) is 2.61. The normalized spacial score (nSPS) is 10.5. The second kappa shape index (κ2) is 8.64. The molecular weight excluding hydrogens is 448 g/mol. The highest BCUT2D eigenvalue weighted by atomic mass is 79.9. The van der Waals surface area contributed by atoms with Crippen LogP contribution in [0, 0.1) is 6.92 Å². The van der Waals surface area contributed by atoms with Gasteiger partial charge in [0.05, 0.1) is 29.9 Å². The van der Waals surface area contributed by atoms with Crippen molar-refractivity contribution in [2.45, 2.75) is 13.5 Å². The number of halogens is 1. The van der Waals surface area contributed by atoms with E-state index in [0.717, 1.165) is 20.6 Å². The van der Waals surface area contributed by atoms with E-state index in [1.165, 1.54) is 18.4 Å². The molecule has 3 rings (SSSR count). The van der Waals surface area contributed by atoms with E-state index in [1.807, 2.05) is 42.1 Å². The second-order valence-electron chi connectivity index (χ2n) is 5.72. The molecule has 3 aromatic rings. The Bertz CT molecular complexity index is 966. The largest absolute Gasteiger partial charge is 0.465 e. The van der Waals surface area contributed by atoms with Crippen molar-refractivity contribution in [3.05, 3.63) is 63.2 Å². The molecular formula is C18H17BrN4O2S2. The van der Waals surface area contributed by atoms with Gasteiger partial charge < -0.3 is 15.4 Å². The quantitative estimate of drug-likeness (QED) is 0.422. The smallest absolute Gasteiger partial charge is 0.340 e. The minimum atomic E-state index is -0.390. The van der Waals surface area contributed by atoms with E-state index in [0.29, 0.717) is 22.2 Å². The standard InChI is InChI=1S/C18H17BrN4O2S2/c1-11-7-15(17(24)25-2)16(27-11)22-18(26)21-14-5-3-12(4-6-14)9-23-10-13(19)8-20-23/h3-8,10H,9H2,1-2H3,(H2,21,22,26). The maximum Gasteiger partial charge on any atom is 0.340 e. The third-order valence-corrected chi connectivity index (χ3v) is 5.23. The van der Waals surface area contributed by atoms with Gasteiger partial charge in [-0.2, -0.15) is 5.10 Å². The number of nitrogens with one attached hydrogen (secondary N) is 2. The molecule has 0 aliphatic heterocycles. The Morgan fingerprint density at radius 1 is 1.33 bits per heavy atom. The number of aromatic nitrogens is 2. The van der Waals surface area contributed by atoms with Crippen molar-refractivity contribution in [3.63, 3.8) is 0 Å². The SMILES string of the molecule is COC(=O)c1cc(C)sc1NC(=S)Nc1ccc(Cn2cc(Br)cn2)cc1. The lowest BCUT2D eigenvalue weighted by Gasteiger charge is -2.11. The molecule has 9 heteroatoms. The highest BCUT2D eigenvalue weighted by molar-refractivity contribution is 9.10. The summed E-state index contributed by atoms with van der Waals surface area (Å²) in [7, 11) is 1.36. The minimum Gasteiger partial charge on any atom is -0.465 e. The predicted molar refractivity (Wildman–Crippen MR) is 116 cm³/mol. The van der Waals surface area contributed by atoms with Crippen molar-refractivity contribution in [2.24, 2.45) is 0 Å².